The molecule has 1 N–H and O–H groups in total. The molecule has 1 aliphatic rings. The van der Waals surface area contributed by atoms with Crippen LogP contribution in [-0.2, 0) is 9.53 Å². The fourth-order valence-corrected chi connectivity index (χ4v) is 2.31. The summed E-state index contributed by atoms with van der Waals surface area (Å²) in [6.07, 6.45) is 1.21. The van der Waals surface area contributed by atoms with Gasteiger partial charge in [-0.3, -0.25) is 4.79 Å². The summed E-state index contributed by atoms with van der Waals surface area (Å²) in [5.74, 6) is -0.654. The number of anilines is 1. The smallest absolute Gasteiger partial charge is 0.321 e. The molecule has 1 heterocycles. The van der Waals surface area contributed by atoms with Crippen molar-refractivity contribution in [2.75, 3.05) is 25.0 Å². The van der Waals surface area contributed by atoms with Gasteiger partial charge in [0, 0.05) is 18.8 Å². The van der Waals surface area contributed by atoms with Crippen LogP contribution in [0.15, 0.2) is 24.3 Å². The van der Waals surface area contributed by atoms with E-state index in [4.69, 9.17) is 4.74 Å². The van der Waals surface area contributed by atoms with Gasteiger partial charge in [0.05, 0.1) is 12.5 Å². The summed E-state index contributed by atoms with van der Waals surface area (Å²) in [5, 5.41) is 2.71. The first-order valence-corrected chi connectivity index (χ1v) is 7.08. The number of halogens is 1. The molecule has 6 heteroatoms. The van der Waals surface area contributed by atoms with E-state index in [0.717, 1.165) is 0 Å². The molecule has 21 heavy (non-hydrogen) atoms. The third-order valence-electron chi connectivity index (χ3n) is 3.50. The molecule has 1 aromatic carbocycles. The Bertz CT molecular complexity index is 496. The first-order valence-electron chi connectivity index (χ1n) is 7.08. The number of piperidine rings is 1. The number of likely N-dealkylation sites (tertiary alicyclic amines) is 1. The van der Waals surface area contributed by atoms with E-state index in [1.807, 2.05) is 0 Å². The van der Waals surface area contributed by atoms with Gasteiger partial charge in [-0.15, -0.1) is 0 Å². The number of hydrogen-bond acceptors (Lipinski definition) is 3. The standard InChI is InChI=1S/C15H19FN2O3/c1-2-21-14(19)11-7-9-18(10-8-11)15(20)17-13-5-3-12(16)4-6-13/h3-6,11H,2,7-10H2,1H3,(H,17,20). The van der Waals surface area contributed by atoms with Crippen LogP contribution >= 0.6 is 0 Å². The Labute approximate surface area is 123 Å². The molecule has 1 aliphatic heterocycles. The summed E-state index contributed by atoms with van der Waals surface area (Å²) in [6.45, 7) is 3.18. The summed E-state index contributed by atoms with van der Waals surface area (Å²) >= 11 is 0. The van der Waals surface area contributed by atoms with Crippen LogP contribution in [0.5, 0.6) is 0 Å². The Hall–Kier alpha value is -2.11. The van der Waals surface area contributed by atoms with Crippen molar-refractivity contribution in [3.8, 4) is 0 Å². The van der Waals surface area contributed by atoms with Crippen LogP contribution in [0.2, 0.25) is 0 Å². The second-order valence-corrected chi connectivity index (χ2v) is 4.95. The zero-order valence-corrected chi connectivity index (χ0v) is 12.0. The molecule has 5 nitrogen and oxygen atoms in total. The van der Waals surface area contributed by atoms with Gasteiger partial charge in [-0.05, 0) is 44.0 Å². The lowest BCUT2D eigenvalue weighted by Gasteiger charge is -2.30. The minimum absolute atomic E-state index is 0.125. The van der Waals surface area contributed by atoms with Crippen molar-refractivity contribution in [3.63, 3.8) is 0 Å². The molecule has 0 saturated carbocycles. The molecule has 1 aromatic rings. The second kappa shape index (κ2) is 7.06. The van der Waals surface area contributed by atoms with Gasteiger partial charge in [-0.1, -0.05) is 0 Å². The molecule has 0 radical (unpaired) electrons. The zero-order chi connectivity index (χ0) is 15.2. The van der Waals surface area contributed by atoms with Crippen molar-refractivity contribution < 1.29 is 18.7 Å². The molecule has 0 aromatic heterocycles. The zero-order valence-electron chi connectivity index (χ0n) is 12.0. The van der Waals surface area contributed by atoms with Crippen molar-refractivity contribution in [1.82, 2.24) is 4.90 Å². The van der Waals surface area contributed by atoms with Crippen molar-refractivity contribution in [3.05, 3.63) is 30.1 Å². The normalized spacial score (nSPS) is 15.6. The Balaban J connectivity index is 1.83. The van der Waals surface area contributed by atoms with Crippen molar-refractivity contribution >= 4 is 17.7 Å². The molecular weight excluding hydrogens is 275 g/mol. The quantitative estimate of drug-likeness (QED) is 0.872. The maximum Gasteiger partial charge on any atom is 0.321 e. The van der Waals surface area contributed by atoms with Gasteiger partial charge < -0.3 is 15.0 Å². The summed E-state index contributed by atoms with van der Waals surface area (Å²) in [6, 6.07) is 5.38. The molecule has 0 spiro atoms. The predicted octanol–water partition coefficient (Wildman–Crippen LogP) is 2.63. The van der Waals surface area contributed by atoms with Gasteiger partial charge in [-0.25, -0.2) is 9.18 Å². The Morgan fingerprint density at radius 2 is 1.90 bits per heavy atom. The molecule has 0 aliphatic carbocycles. The number of urea groups is 1. The fraction of sp³-hybridized carbons (Fsp3) is 0.467. The average Bonchev–Trinajstić information content (AvgIpc) is 2.50. The maximum absolute atomic E-state index is 12.8. The molecular formula is C15H19FN2O3. The maximum atomic E-state index is 12.8. The molecule has 0 bridgehead atoms. The number of amides is 2. The largest absolute Gasteiger partial charge is 0.466 e. The number of carbonyl (C=O) groups excluding carboxylic acids is 2. The average molecular weight is 294 g/mol. The lowest BCUT2D eigenvalue weighted by molar-refractivity contribution is -0.149. The number of benzene rings is 1. The van der Waals surface area contributed by atoms with Crippen molar-refractivity contribution in [1.29, 1.82) is 0 Å². The SMILES string of the molecule is CCOC(=O)C1CCN(C(=O)Nc2ccc(F)cc2)CC1. The van der Waals surface area contributed by atoms with Crippen LogP contribution in [0.25, 0.3) is 0 Å². The van der Waals surface area contributed by atoms with Crippen LogP contribution in [0, 0.1) is 11.7 Å². The van der Waals surface area contributed by atoms with Crippen molar-refractivity contribution in [2.24, 2.45) is 5.92 Å². The van der Waals surface area contributed by atoms with Gasteiger partial charge in [0.1, 0.15) is 5.82 Å². The number of nitrogens with zero attached hydrogens (tertiary/aromatic N) is 1. The van der Waals surface area contributed by atoms with E-state index in [1.165, 1.54) is 24.3 Å². The number of esters is 1. The molecule has 114 valence electrons. The van der Waals surface area contributed by atoms with Crippen LogP contribution in [-0.4, -0.2) is 36.6 Å². The van der Waals surface area contributed by atoms with Crippen LogP contribution in [0.3, 0.4) is 0 Å². The molecule has 2 rings (SSSR count). The topological polar surface area (TPSA) is 58.6 Å². The highest BCUT2D eigenvalue weighted by Gasteiger charge is 2.28. The highest BCUT2D eigenvalue weighted by molar-refractivity contribution is 5.89. The summed E-state index contributed by atoms with van der Waals surface area (Å²) in [5.41, 5.74) is 0.550. The van der Waals surface area contributed by atoms with E-state index in [1.54, 1.807) is 11.8 Å². The summed E-state index contributed by atoms with van der Waals surface area (Å²) < 4.78 is 17.8. The molecule has 1 fully saturated rings. The first kappa shape index (κ1) is 15.3. The van der Waals surface area contributed by atoms with Crippen LogP contribution < -0.4 is 5.32 Å². The Morgan fingerprint density at radius 3 is 2.48 bits per heavy atom. The number of carbonyl (C=O) groups is 2. The fourth-order valence-electron chi connectivity index (χ4n) is 2.31. The lowest BCUT2D eigenvalue weighted by atomic mass is 9.97. The first-order chi connectivity index (χ1) is 10.1. The number of rotatable bonds is 3. The van der Waals surface area contributed by atoms with Crippen LogP contribution in [0.1, 0.15) is 19.8 Å². The highest BCUT2D eigenvalue weighted by Crippen LogP contribution is 2.19. The number of ether oxygens (including phenoxy) is 1. The van der Waals surface area contributed by atoms with Crippen LogP contribution in [0.4, 0.5) is 14.9 Å². The minimum atomic E-state index is -0.344. The van der Waals surface area contributed by atoms with E-state index in [9.17, 15) is 14.0 Å². The van der Waals surface area contributed by atoms with Gasteiger partial charge in [0.15, 0.2) is 0 Å². The Kier molecular flexibility index (Phi) is 5.14. The minimum Gasteiger partial charge on any atom is -0.466 e. The molecule has 0 unspecified atom stereocenters. The van der Waals surface area contributed by atoms with Gasteiger partial charge in [0.2, 0.25) is 0 Å². The van der Waals surface area contributed by atoms with Gasteiger partial charge >= 0.3 is 12.0 Å². The van der Waals surface area contributed by atoms with E-state index in [2.05, 4.69) is 5.32 Å². The number of hydrogen-bond donors (Lipinski definition) is 1. The summed E-state index contributed by atoms with van der Waals surface area (Å²) in [4.78, 5) is 25.3. The summed E-state index contributed by atoms with van der Waals surface area (Å²) in [7, 11) is 0. The van der Waals surface area contributed by atoms with E-state index < -0.39 is 0 Å². The van der Waals surface area contributed by atoms with Gasteiger partial charge in [-0.2, -0.15) is 0 Å². The van der Waals surface area contributed by atoms with E-state index >= 15 is 0 Å². The molecule has 2 amide bonds. The lowest BCUT2D eigenvalue weighted by Crippen LogP contribution is -2.42. The van der Waals surface area contributed by atoms with Crippen molar-refractivity contribution in [2.45, 2.75) is 19.8 Å². The van der Waals surface area contributed by atoms with Gasteiger partial charge in [0.25, 0.3) is 0 Å². The highest BCUT2D eigenvalue weighted by atomic mass is 19.1. The third-order valence-corrected chi connectivity index (χ3v) is 3.50. The predicted molar refractivity (Wildman–Crippen MR) is 76.3 cm³/mol. The Morgan fingerprint density at radius 1 is 1.29 bits per heavy atom. The van der Waals surface area contributed by atoms with E-state index in [-0.39, 0.29) is 23.7 Å². The number of nitrogens with one attached hydrogen (secondary N) is 1. The molecule has 0 atom stereocenters. The van der Waals surface area contributed by atoms with E-state index in [0.29, 0.717) is 38.2 Å². The third kappa shape index (κ3) is 4.18. The molecule has 1 saturated heterocycles. The second-order valence-electron chi connectivity index (χ2n) is 4.95. The monoisotopic (exact) mass is 294 g/mol.